The van der Waals surface area contributed by atoms with Crippen LogP contribution in [0.1, 0.15) is 36.1 Å². The molecule has 0 fully saturated rings. The number of fused-ring (bicyclic) bond motifs is 1. The van der Waals surface area contributed by atoms with Gasteiger partial charge in [0.25, 0.3) is 0 Å². The summed E-state index contributed by atoms with van der Waals surface area (Å²) >= 11 is 6.19. The second-order valence-electron chi connectivity index (χ2n) is 6.55. The van der Waals surface area contributed by atoms with E-state index in [2.05, 4.69) is 15.4 Å². The number of ketones is 1. The summed E-state index contributed by atoms with van der Waals surface area (Å²) in [5.74, 6) is 1.57. The van der Waals surface area contributed by atoms with Crippen molar-refractivity contribution in [2.75, 3.05) is 5.32 Å². The van der Waals surface area contributed by atoms with E-state index in [9.17, 15) is 4.79 Å². The van der Waals surface area contributed by atoms with Gasteiger partial charge in [0.2, 0.25) is 5.95 Å². The molecular formula is C19H15ClN4O2. The summed E-state index contributed by atoms with van der Waals surface area (Å²) in [6.07, 6.45) is 4.24. The van der Waals surface area contributed by atoms with Crippen molar-refractivity contribution in [2.24, 2.45) is 0 Å². The highest BCUT2D eigenvalue weighted by Gasteiger charge is 2.39. The number of anilines is 1. The molecule has 0 spiro atoms. The van der Waals surface area contributed by atoms with Crippen molar-refractivity contribution in [3.05, 3.63) is 76.6 Å². The molecule has 6 nitrogen and oxygen atoms in total. The van der Waals surface area contributed by atoms with Crippen LogP contribution in [0.5, 0.6) is 0 Å². The Bertz CT molecular complexity index is 1020. The largest absolute Gasteiger partial charge is 0.469 e. The van der Waals surface area contributed by atoms with Crippen LogP contribution in [0.2, 0.25) is 5.02 Å². The van der Waals surface area contributed by atoms with Crippen LogP contribution in [0.15, 0.2) is 64.7 Å². The zero-order valence-corrected chi connectivity index (χ0v) is 14.5. The van der Waals surface area contributed by atoms with Crippen LogP contribution in [-0.4, -0.2) is 20.5 Å². The van der Waals surface area contributed by atoms with Crippen LogP contribution >= 0.6 is 11.6 Å². The molecule has 0 unspecified atom stereocenters. The molecule has 1 aliphatic carbocycles. The number of benzene rings is 1. The molecule has 3 aromatic rings. The number of halogens is 1. The quantitative estimate of drug-likeness (QED) is 0.743. The molecule has 26 heavy (non-hydrogen) atoms. The van der Waals surface area contributed by atoms with Crippen molar-refractivity contribution in [2.45, 2.75) is 24.8 Å². The van der Waals surface area contributed by atoms with Crippen LogP contribution in [-0.2, 0) is 4.79 Å². The summed E-state index contributed by atoms with van der Waals surface area (Å²) in [5, 5.41) is 8.25. The first-order chi connectivity index (χ1) is 12.7. The molecule has 5 rings (SSSR count). The van der Waals surface area contributed by atoms with Crippen molar-refractivity contribution in [3.8, 4) is 0 Å². The summed E-state index contributed by atoms with van der Waals surface area (Å²) < 4.78 is 7.28. The second kappa shape index (κ2) is 5.85. The molecule has 2 aliphatic rings. The molecule has 0 radical (unpaired) electrons. The molecule has 2 atom stereocenters. The number of carbonyl (C=O) groups is 1. The van der Waals surface area contributed by atoms with Crippen molar-refractivity contribution < 1.29 is 9.21 Å². The van der Waals surface area contributed by atoms with Gasteiger partial charge in [0.1, 0.15) is 18.1 Å². The minimum absolute atomic E-state index is 0.0261. The number of aromatic nitrogens is 3. The lowest BCUT2D eigenvalue weighted by atomic mass is 9.79. The Labute approximate surface area is 154 Å². The summed E-state index contributed by atoms with van der Waals surface area (Å²) in [6.45, 7) is 0. The fraction of sp³-hybridized carbons (Fsp3) is 0.211. The van der Waals surface area contributed by atoms with E-state index in [0.717, 1.165) is 22.6 Å². The van der Waals surface area contributed by atoms with Gasteiger partial charge in [-0.3, -0.25) is 4.79 Å². The minimum Gasteiger partial charge on any atom is -0.469 e. The van der Waals surface area contributed by atoms with Crippen LogP contribution in [0.4, 0.5) is 5.95 Å². The Kier molecular flexibility index (Phi) is 3.46. The number of nitrogens with one attached hydrogen (secondary N) is 1. The molecule has 0 saturated carbocycles. The number of furan rings is 1. The molecule has 1 aliphatic heterocycles. The van der Waals surface area contributed by atoms with Gasteiger partial charge in [-0.05, 0) is 36.2 Å². The van der Waals surface area contributed by atoms with Gasteiger partial charge in [-0.2, -0.15) is 10.1 Å². The molecule has 0 bridgehead atoms. The number of hydrogen-bond acceptors (Lipinski definition) is 5. The Morgan fingerprint density at radius 3 is 2.96 bits per heavy atom. The van der Waals surface area contributed by atoms with Gasteiger partial charge >= 0.3 is 0 Å². The molecule has 130 valence electrons. The molecule has 1 aromatic carbocycles. The monoisotopic (exact) mass is 366 g/mol. The van der Waals surface area contributed by atoms with E-state index in [1.165, 1.54) is 6.33 Å². The van der Waals surface area contributed by atoms with E-state index in [1.54, 1.807) is 10.9 Å². The Morgan fingerprint density at radius 2 is 2.15 bits per heavy atom. The van der Waals surface area contributed by atoms with E-state index in [4.69, 9.17) is 16.0 Å². The van der Waals surface area contributed by atoms with Crippen molar-refractivity contribution in [3.63, 3.8) is 0 Å². The lowest BCUT2D eigenvalue weighted by molar-refractivity contribution is -0.117. The number of allylic oxidation sites excluding steroid dienone is 2. The highest BCUT2D eigenvalue weighted by Crippen LogP contribution is 2.44. The molecule has 0 saturated heterocycles. The van der Waals surface area contributed by atoms with Gasteiger partial charge in [-0.25, -0.2) is 4.68 Å². The fourth-order valence-corrected chi connectivity index (χ4v) is 4.06. The third-order valence-corrected chi connectivity index (χ3v) is 5.21. The minimum atomic E-state index is -0.326. The lowest BCUT2D eigenvalue weighted by Gasteiger charge is -2.34. The molecular weight excluding hydrogens is 352 g/mol. The number of hydrogen-bond donors (Lipinski definition) is 1. The molecule has 3 heterocycles. The van der Waals surface area contributed by atoms with E-state index >= 15 is 0 Å². The van der Waals surface area contributed by atoms with E-state index < -0.39 is 0 Å². The van der Waals surface area contributed by atoms with Crippen molar-refractivity contribution >= 4 is 23.3 Å². The Hall–Kier alpha value is -2.86. The highest BCUT2D eigenvalue weighted by atomic mass is 35.5. The molecule has 2 aromatic heterocycles. The number of nitrogens with zero attached hydrogens (tertiary/aromatic N) is 3. The van der Waals surface area contributed by atoms with E-state index in [1.807, 2.05) is 36.4 Å². The average molecular weight is 367 g/mol. The van der Waals surface area contributed by atoms with E-state index in [-0.39, 0.29) is 17.7 Å². The lowest BCUT2D eigenvalue weighted by Crippen LogP contribution is -2.33. The fourth-order valence-electron chi connectivity index (χ4n) is 3.86. The van der Waals surface area contributed by atoms with Gasteiger partial charge in [-0.15, -0.1) is 0 Å². The molecule has 7 heteroatoms. The van der Waals surface area contributed by atoms with Crippen LogP contribution < -0.4 is 5.32 Å². The SMILES string of the molecule is O=C1C[C@@H](c2ccco2)CC2=C1[C@H](c1cccc(Cl)c1)n1ncnc1N2. The second-order valence-corrected chi connectivity index (χ2v) is 6.98. The Balaban J connectivity index is 1.63. The van der Waals surface area contributed by atoms with Gasteiger partial charge in [-0.1, -0.05) is 23.7 Å². The van der Waals surface area contributed by atoms with E-state index in [0.29, 0.717) is 23.8 Å². The normalized spacial score (nSPS) is 22.0. The standard InChI is InChI=1S/C19H15ClN4O2/c20-13-4-1-3-11(7-13)18-17-14(23-19-21-10-22-24(18)19)8-12(9-15(17)25)16-5-2-6-26-16/h1-7,10,12,18H,8-9H2,(H,21,22,23)/t12-,18-/m0/s1. The first-order valence-corrected chi connectivity index (χ1v) is 8.80. The topological polar surface area (TPSA) is 73.0 Å². The summed E-state index contributed by atoms with van der Waals surface area (Å²) in [7, 11) is 0. The smallest absolute Gasteiger partial charge is 0.226 e. The number of rotatable bonds is 2. The first kappa shape index (κ1) is 15.4. The number of carbonyl (C=O) groups excluding carboxylic acids is 1. The zero-order valence-electron chi connectivity index (χ0n) is 13.7. The maximum atomic E-state index is 13.1. The third kappa shape index (κ3) is 2.37. The maximum Gasteiger partial charge on any atom is 0.226 e. The van der Waals surface area contributed by atoms with Crippen molar-refractivity contribution in [1.82, 2.24) is 14.8 Å². The average Bonchev–Trinajstić information content (AvgIpc) is 3.31. The summed E-state index contributed by atoms with van der Waals surface area (Å²) in [4.78, 5) is 17.4. The predicted molar refractivity (Wildman–Crippen MR) is 96.0 cm³/mol. The van der Waals surface area contributed by atoms with Gasteiger partial charge in [0, 0.05) is 28.6 Å². The third-order valence-electron chi connectivity index (χ3n) is 4.97. The molecule has 1 N–H and O–H groups in total. The predicted octanol–water partition coefficient (Wildman–Crippen LogP) is 3.94. The number of Topliss-reactive ketones (excluding diaryl/α,β-unsaturated/α-hetero) is 1. The van der Waals surface area contributed by atoms with Gasteiger partial charge in [0.15, 0.2) is 5.78 Å². The summed E-state index contributed by atoms with van der Waals surface area (Å²) in [6, 6.07) is 11.0. The van der Waals surface area contributed by atoms with Crippen LogP contribution in [0.25, 0.3) is 0 Å². The molecule has 0 amide bonds. The van der Waals surface area contributed by atoms with Gasteiger partial charge < -0.3 is 9.73 Å². The maximum absolute atomic E-state index is 13.1. The Morgan fingerprint density at radius 1 is 1.23 bits per heavy atom. The zero-order chi connectivity index (χ0) is 17.7. The summed E-state index contributed by atoms with van der Waals surface area (Å²) in [5.41, 5.74) is 2.53. The highest BCUT2D eigenvalue weighted by molar-refractivity contribution is 6.30. The van der Waals surface area contributed by atoms with Crippen molar-refractivity contribution in [1.29, 1.82) is 0 Å². The van der Waals surface area contributed by atoms with Crippen LogP contribution in [0.3, 0.4) is 0 Å². The first-order valence-electron chi connectivity index (χ1n) is 8.42. The van der Waals surface area contributed by atoms with Crippen LogP contribution in [0, 0.1) is 0 Å². The van der Waals surface area contributed by atoms with Gasteiger partial charge in [0.05, 0.1) is 6.26 Å².